The Labute approximate surface area is 236 Å². The van der Waals surface area contributed by atoms with Gasteiger partial charge in [-0.1, -0.05) is 123 Å². The van der Waals surface area contributed by atoms with Gasteiger partial charge in [0.15, 0.2) is 0 Å². The molecule has 4 nitrogen and oxygen atoms in total. The van der Waals surface area contributed by atoms with E-state index in [-0.39, 0.29) is 0 Å². The second-order valence-electron chi connectivity index (χ2n) is 11.9. The molecule has 0 bridgehead atoms. The van der Waals surface area contributed by atoms with Crippen molar-refractivity contribution in [2.24, 2.45) is 17.8 Å². The SMILES string of the molecule is CCCCCC(C)CCCCCC(C)C[Si]c1ccc(-c2ccc(OCCCCCCC3CC3)cn2)nn1. The number of unbranched alkanes of at least 4 members (excludes halogenated alkanes) is 7. The Morgan fingerprint density at radius 1 is 0.789 bits per heavy atom. The zero-order chi connectivity index (χ0) is 26.8. The molecular formula is C33H53N3OSi. The summed E-state index contributed by atoms with van der Waals surface area (Å²) in [7, 11) is 0.731. The molecule has 0 amide bonds. The molecule has 0 aliphatic heterocycles. The van der Waals surface area contributed by atoms with Crippen LogP contribution in [0.15, 0.2) is 30.5 Å². The first-order chi connectivity index (χ1) is 18.6. The molecule has 5 heteroatoms. The first-order valence-electron chi connectivity index (χ1n) is 15.8. The highest BCUT2D eigenvalue weighted by Crippen LogP contribution is 2.34. The van der Waals surface area contributed by atoms with Crippen LogP contribution in [-0.4, -0.2) is 31.3 Å². The molecule has 0 aromatic carbocycles. The molecular weight excluding hydrogens is 482 g/mol. The lowest BCUT2D eigenvalue weighted by atomic mass is 9.96. The minimum absolute atomic E-state index is 0.731. The lowest BCUT2D eigenvalue weighted by molar-refractivity contribution is 0.303. The van der Waals surface area contributed by atoms with Gasteiger partial charge in [0.1, 0.15) is 21.0 Å². The van der Waals surface area contributed by atoms with Crippen molar-refractivity contribution in [3.8, 4) is 17.1 Å². The van der Waals surface area contributed by atoms with E-state index < -0.39 is 0 Å². The number of hydrogen-bond donors (Lipinski definition) is 0. The number of nitrogens with zero attached hydrogens (tertiary/aromatic N) is 3. The van der Waals surface area contributed by atoms with Gasteiger partial charge in [-0.05, 0) is 48.4 Å². The molecule has 0 saturated heterocycles. The molecule has 2 aromatic rings. The fourth-order valence-corrected chi connectivity index (χ4v) is 6.18. The zero-order valence-electron chi connectivity index (χ0n) is 24.6. The van der Waals surface area contributed by atoms with Crippen LogP contribution in [0.5, 0.6) is 5.75 Å². The lowest BCUT2D eigenvalue weighted by Crippen LogP contribution is -2.21. The highest BCUT2D eigenvalue weighted by atomic mass is 28.2. The monoisotopic (exact) mass is 535 g/mol. The van der Waals surface area contributed by atoms with Crippen molar-refractivity contribution in [2.75, 3.05) is 6.61 Å². The lowest BCUT2D eigenvalue weighted by Gasteiger charge is -2.12. The fraction of sp³-hybridized carbons (Fsp3) is 0.727. The number of ether oxygens (including phenoxy) is 1. The van der Waals surface area contributed by atoms with Gasteiger partial charge in [-0.3, -0.25) is 4.98 Å². The van der Waals surface area contributed by atoms with Gasteiger partial charge in [0.2, 0.25) is 0 Å². The maximum Gasteiger partial charge on any atom is 0.137 e. The molecule has 1 aliphatic rings. The summed E-state index contributed by atoms with van der Waals surface area (Å²) in [5, 5.41) is 10.1. The molecule has 2 heterocycles. The molecule has 2 radical (unpaired) electrons. The summed E-state index contributed by atoms with van der Waals surface area (Å²) in [6.07, 6.45) is 23.8. The van der Waals surface area contributed by atoms with Crippen molar-refractivity contribution < 1.29 is 4.74 Å². The van der Waals surface area contributed by atoms with Crippen molar-refractivity contribution in [1.29, 1.82) is 0 Å². The molecule has 38 heavy (non-hydrogen) atoms. The van der Waals surface area contributed by atoms with Crippen LogP contribution in [0.3, 0.4) is 0 Å². The Kier molecular flexibility index (Phi) is 15.0. The van der Waals surface area contributed by atoms with Crippen LogP contribution in [0.1, 0.15) is 124 Å². The number of rotatable bonds is 22. The van der Waals surface area contributed by atoms with Gasteiger partial charge in [-0.15, -0.1) is 5.10 Å². The molecule has 2 unspecified atom stereocenters. The van der Waals surface area contributed by atoms with Crippen LogP contribution in [-0.2, 0) is 0 Å². The van der Waals surface area contributed by atoms with E-state index in [1.165, 1.54) is 102 Å². The van der Waals surface area contributed by atoms with Crippen molar-refractivity contribution in [1.82, 2.24) is 15.2 Å². The van der Waals surface area contributed by atoms with Gasteiger partial charge in [0, 0.05) is 5.32 Å². The predicted molar refractivity (Wildman–Crippen MR) is 162 cm³/mol. The van der Waals surface area contributed by atoms with E-state index in [2.05, 4.69) is 48.1 Å². The molecule has 210 valence electrons. The van der Waals surface area contributed by atoms with Gasteiger partial charge in [-0.2, -0.15) is 5.10 Å². The second-order valence-corrected chi connectivity index (χ2v) is 13.2. The minimum atomic E-state index is 0.731. The normalized spacial score (nSPS) is 14.9. The predicted octanol–water partition coefficient (Wildman–Crippen LogP) is 8.83. The van der Waals surface area contributed by atoms with Crippen molar-refractivity contribution in [2.45, 2.75) is 130 Å². The van der Waals surface area contributed by atoms with E-state index in [0.29, 0.717) is 0 Å². The molecule has 1 aliphatic carbocycles. The van der Waals surface area contributed by atoms with Gasteiger partial charge < -0.3 is 4.74 Å². The van der Waals surface area contributed by atoms with E-state index >= 15 is 0 Å². The Morgan fingerprint density at radius 3 is 2.18 bits per heavy atom. The summed E-state index contributed by atoms with van der Waals surface area (Å²) in [5.41, 5.74) is 1.69. The highest BCUT2D eigenvalue weighted by Gasteiger charge is 2.19. The van der Waals surface area contributed by atoms with Gasteiger partial charge in [0.05, 0.1) is 18.5 Å². The van der Waals surface area contributed by atoms with Crippen LogP contribution >= 0.6 is 0 Å². The van der Waals surface area contributed by atoms with Crippen molar-refractivity contribution >= 4 is 14.8 Å². The summed E-state index contributed by atoms with van der Waals surface area (Å²) in [4.78, 5) is 4.56. The summed E-state index contributed by atoms with van der Waals surface area (Å²) in [6, 6.07) is 9.40. The topological polar surface area (TPSA) is 47.9 Å². The van der Waals surface area contributed by atoms with Crippen molar-refractivity contribution in [3.63, 3.8) is 0 Å². The number of pyridine rings is 1. The first-order valence-corrected chi connectivity index (χ1v) is 17.0. The highest BCUT2D eigenvalue weighted by molar-refractivity contribution is 6.52. The summed E-state index contributed by atoms with van der Waals surface area (Å²) < 4.78 is 5.88. The Morgan fingerprint density at radius 2 is 1.50 bits per heavy atom. The molecule has 2 aromatic heterocycles. The minimum Gasteiger partial charge on any atom is -0.492 e. The van der Waals surface area contributed by atoms with Gasteiger partial charge in [0.25, 0.3) is 0 Å². The average Bonchev–Trinajstić information content (AvgIpc) is 3.76. The van der Waals surface area contributed by atoms with Gasteiger partial charge >= 0.3 is 0 Å². The van der Waals surface area contributed by atoms with Crippen LogP contribution in [0.2, 0.25) is 6.04 Å². The molecule has 1 saturated carbocycles. The molecule has 3 rings (SSSR count). The van der Waals surface area contributed by atoms with Crippen LogP contribution in [0, 0.1) is 17.8 Å². The average molecular weight is 536 g/mol. The van der Waals surface area contributed by atoms with E-state index in [1.54, 1.807) is 0 Å². The second kappa shape index (κ2) is 18.5. The molecule has 0 spiro atoms. The first kappa shape index (κ1) is 30.8. The Balaban J connectivity index is 1.24. The van der Waals surface area contributed by atoms with Crippen molar-refractivity contribution in [3.05, 3.63) is 30.5 Å². The largest absolute Gasteiger partial charge is 0.492 e. The smallest absolute Gasteiger partial charge is 0.137 e. The zero-order valence-corrected chi connectivity index (χ0v) is 25.6. The maximum atomic E-state index is 5.88. The molecule has 1 fully saturated rings. The van der Waals surface area contributed by atoms with E-state index in [4.69, 9.17) is 4.74 Å². The maximum absolute atomic E-state index is 5.88. The third kappa shape index (κ3) is 13.4. The quantitative estimate of drug-likeness (QED) is 0.112. The van der Waals surface area contributed by atoms with E-state index in [1.807, 2.05) is 18.3 Å². The summed E-state index contributed by atoms with van der Waals surface area (Å²) >= 11 is 0. The van der Waals surface area contributed by atoms with Crippen LogP contribution in [0.4, 0.5) is 0 Å². The van der Waals surface area contributed by atoms with Gasteiger partial charge in [-0.25, -0.2) is 0 Å². The molecule has 0 N–H and O–H groups in total. The third-order valence-electron chi connectivity index (χ3n) is 7.96. The fourth-order valence-electron chi connectivity index (χ4n) is 5.10. The number of aromatic nitrogens is 3. The van der Waals surface area contributed by atoms with Crippen LogP contribution in [0.25, 0.3) is 11.4 Å². The summed E-state index contributed by atoms with van der Waals surface area (Å²) in [6.45, 7) is 7.90. The Bertz CT molecular complexity index is 854. The van der Waals surface area contributed by atoms with E-state index in [9.17, 15) is 0 Å². The van der Waals surface area contributed by atoms with Crippen LogP contribution < -0.4 is 10.1 Å². The number of hydrogen-bond acceptors (Lipinski definition) is 4. The Hall–Kier alpha value is -1.75. The van der Waals surface area contributed by atoms with E-state index in [0.717, 1.165) is 62.8 Å². The summed E-state index contributed by atoms with van der Waals surface area (Å²) in [5.74, 6) is 3.57. The third-order valence-corrected chi connectivity index (χ3v) is 9.49. The molecule has 2 atom stereocenters. The standard InChI is InChI=1S/C33H53N3OSi/c1-4-5-9-14-27(2)15-10-8-11-16-28(3)26-38-33-23-22-32(35-36-33)31-21-20-30(25-34-31)37-24-13-7-6-12-17-29-18-19-29/h20-23,25,27-29H,4-19,24,26H2,1-3H3.